The molecular weight excluding hydrogens is 256 g/mol. The molecule has 0 radical (unpaired) electrons. The summed E-state index contributed by atoms with van der Waals surface area (Å²) in [5, 5.41) is 20.6. The van der Waals surface area contributed by atoms with Crippen LogP contribution in [0.5, 0.6) is 0 Å². The zero-order valence-corrected chi connectivity index (χ0v) is 11.0. The van der Waals surface area contributed by atoms with E-state index in [4.69, 9.17) is 10.4 Å². The lowest BCUT2D eigenvalue weighted by molar-refractivity contribution is -0.142. The van der Waals surface area contributed by atoms with E-state index in [0.717, 1.165) is 0 Å². The molecule has 0 spiro atoms. The van der Waals surface area contributed by atoms with Gasteiger partial charge in [0.25, 0.3) is 5.91 Å². The highest BCUT2D eigenvalue weighted by atomic mass is 16.4. The molecule has 20 heavy (non-hydrogen) atoms. The summed E-state index contributed by atoms with van der Waals surface area (Å²) in [6.07, 6.45) is 2.55. The third-order valence-corrected chi connectivity index (χ3v) is 3.67. The predicted octanol–water partition coefficient (Wildman–Crippen LogP) is 1.93. The van der Waals surface area contributed by atoms with Crippen molar-refractivity contribution >= 4 is 11.9 Å². The van der Waals surface area contributed by atoms with Gasteiger partial charge in [-0.05, 0) is 43.9 Å². The van der Waals surface area contributed by atoms with Crippen LogP contribution < -0.4 is 5.32 Å². The van der Waals surface area contributed by atoms with Crippen LogP contribution in [0.4, 0.5) is 0 Å². The van der Waals surface area contributed by atoms with Crippen molar-refractivity contribution in [2.75, 3.05) is 0 Å². The van der Waals surface area contributed by atoms with Crippen molar-refractivity contribution in [3.63, 3.8) is 0 Å². The fourth-order valence-corrected chi connectivity index (χ4v) is 2.48. The Balaban J connectivity index is 1.92. The highest BCUT2D eigenvalue weighted by molar-refractivity contribution is 5.94. The molecule has 2 rings (SSSR count). The second-order valence-corrected chi connectivity index (χ2v) is 5.05. The summed E-state index contributed by atoms with van der Waals surface area (Å²) >= 11 is 0. The van der Waals surface area contributed by atoms with Crippen molar-refractivity contribution in [2.24, 2.45) is 5.92 Å². The summed E-state index contributed by atoms with van der Waals surface area (Å²) in [7, 11) is 0. The van der Waals surface area contributed by atoms with Gasteiger partial charge < -0.3 is 10.4 Å². The number of carbonyl (C=O) groups is 2. The number of nitrogens with zero attached hydrogens (tertiary/aromatic N) is 1. The third-order valence-electron chi connectivity index (χ3n) is 3.67. The maximum atomic E-state index is 12.1. The van der Waals surface area contributed by atoms with Crippen molar-refractivity contribution < 1.29 is 14.7 Å². The van der Waals surface area contributed by atoms with E-state index in [0.29, 0.717) is 36.8 Å². The summed E-state index contributed by atoms with van der Waals surface area (Å²) in [6, 6.07) is 8.56. The Morgan fingerprint density at radius 3 is 2.55 bits per heavy atom. The standard InChI is InChI=1S/C15H16N2O3/c16-9-10-2-1-3-12(8-10)14(18)17-13-6-4-11(5-7-13)15(19)20/h1-3,8,11,13H,4-7H2,(H,17,18)(H,19,20). The summed E-state index contributed by atoms with van der Waals surface area (Å²) in [4.78, 5) is 22.9. The Morgan fingerprint density at radius 2 is 1.95 bits per heavy atom. The van der Waals surface area contributed by atoms with Crippen LogP contribution >= 0.6 is 0 Å². The van der Waals surface area contributed by atoms with Crippen molar-refractivity contribution in [1.82, 2.24) is 5.32 Å². The Labute approximate surface area is 117 Å². The topological polar surface area (TPSA) is 90.2 Å². The molecule has 1 aliphatic rings. The van der Waals surface area contributed by atoms with Crippen LogP contribution in [0.2, 0.25) is 0 Å². The molecule has 1 amide bonds. The fourth-order valence-electron chi connectivity index (χ4n) is 2.48. The van der Waals surface area contributed by atoms with Crippen LogP contribution in [0.3, 0.4) is 0 Å². The van der Waals surface area contributed by atoms with Gasteiger partial charge in [-0.15, -0.1) is 0 Å². The number of benzene rings is 1. The van der Waals surface area contributed by atoms with E-state index in [9.17, 15) is 9.59 Å². The summed E-state index contributed by atoms with van der Waals surface area (Å²) in [5.41, 5.74) is 0.914. The molecule has 5 heteroatoms. The van der Waals surface area contributed by atoms with Crippen molar-refractivity contribution in [2.45, 2.75) is 31.7 Å². The SMILES string of the molecule is N#Cc1cccc(C(=O)NC2CCC(C(=O)O)CC2)c1. The van der Waals surface area contributed by atoms with Gasteiger partial charge in [-0.25, -0.2) is 0 Å². The number of carboxylic acids is 1. The molecule has 104 valence electrons. The van der Waals surface area contributed by atoms with Gasteiger partial charge in [-0.2, -0.15) is 5.26 Å². The molecule has 1 aromatic carbocycles. The molecule has 1 saturated carbocycles. The summed E-state index contributed by atoms with van der Waals surface area (Å²) < 4.78 is 0. The Hall–Kier alpha value is -2.35. The fraction of sp³-hybridized carbons (Fsp3) is 0.400. The van der Waals surface area contributed by atoms with Gasteiger partial charge in [0.05, 0.1) is 17.6 Å². The number of amides is 1. The van der Waals surface area contributed by atoms with Crippen LogP contribution in [-0.2, 0) is 4.79 Å². The zero-order valence-electron chi connectivity index (χ0n) is 11.0. The number of nitrogens with one attached hydrogen (secondary N) is 1. The monoisotopic (exact) mass is 272 g/mol. The van der Waals surface area contributed by atoms with Gasteiger partial charge in [0.2, 0.25) is 0 Å². The second-order valence-electron chi connectivity index (χ2n) is 5.05. The molecule has 0 atom stereocenters. The maximum Gasteiger partial charge on any atom is 0.306 e. The molecule has 2 N–H and O–H groups in total. The van der Waals surface area contributed by atoms with Crippen LogP contribution in [-0.4, -0.2) is 23.0 Å². The Morgan fingerprint density at radius 1 is 1.25 bits per heavy atom. The highest BCUT2D eigenvalue weighted by Gasteiger charge is 2.26. The van der Waals surface area contributed by atoms with E-state index in [1.165, 1.54) is 0 Å². The second kappa shape index (κ2) is 6.20. The summed E-state index contributed by atoms with van der Waals surface area (Å²) in [6.45, 7) is 0. The van der Waals surface area contributed by atoms with Gasteiger partial charge in [0.15, 0.2) is 0 Å². The third kappa shape index (κ3) is 3.35. The van der Waals surface area contributed by atoms with Gasteiger partial charge in [0.1, 0.15) is 0 Å². The number of carboxylic acid groups (broad SMARTS) is 1. The number of hydrogen-bond donors (Lipinski definition) is 2. The lowest BCUT2D eigenvalue weighted by Crippen LogP contribution is -2.38. The quantitative estimate of drug-likeness (QED) is 0.879. The van der Waals surface area contributed by atoms with Crippen molar-refractivity contribution in [3.8, 4) is 6.07 Å². The van der Waals surface area contributed by atoms with Crippen LogP contribution in [0, 0.1) is 17.2 Å². The Kier molecular flexibility index (Phi) is 4.36. The molecular formula is C15H16N2O3. The average Bonchev–Trinajstić information content (AvgIpc) is 2.47. The maximum absolute atomic E-state index is 12.1. The first-order valence-electron chi connectivity index (χ1n) is 6.64. The highest BCUT2D eigenvalue weighted by Crippen LogP contribution is 2.24. The number of carbonyl (C=O) groups excluding carboxylic acids is 1. The average molecular weight is 272 g/mol. The van der Waals surface area contributed by atoms with Crippen molar-refractivity contribution in [3.05, 3.63) is 35.4 Å². The van der Waals surface area contributed by atoms with Crippen molar-refractivity contribution in [1.29, 1.82) is 5.26 Å². The minimum atomic E-state index is -0.753. The van der Waals surface area contributed by atoms with Gasteiger partial charge in [0, 0.05) is 11.6 Å². The molecule has 0 aromatic heterocycles. The van der Waals surface area contributed by atoms with Gasteiger partial charge >= 0.3 is 5.97 Å². The Bertz CT molecular complexity index is 554. The largest absolute Gasteiger partial charge is 0.481 e. The van der Waals surface area contributed by atoms with Gasteiger partial charge in [-0.1, -0.05) is 6.07 Å². The smallest absolute Gasteiger partial charge is 0.306 e. The molecule has 1 fully saturated rings. The normalized spacial score (nSPS) is 21.8. The zero-order chi connectivity index (χ0) is 14.5. The molecule has 0 aliphatic heterocycles. The molecule has 1 aromatic rings. The van der Waals surface area contributed by atoms with E-state index in [1.807, 2.05) is 6.07 Å². The van der Waals surface area contributed by atoms with Crippen LogP contribution in [0.15, 0.2) is 24.3 Å². The first-order chi connectivity index (χ1) is 9.60. The molecule has 5 nitrogen and oxygen atoms in total. The first-order valence-corrected chi connectivity index (χ1v) is 6.64. The van der Waals surface area contributed by atoms with Crippen LogP contribution in [0.25, 0.3) is 0 Å². The van der Waals surface area contributed by atoms with Gasteiger partial charge in [-0.3, -0.25) is 9.59 Å². The predicted molar refractivity (Wildman–Crippen MR) is 72.0 cm³/mol. The number of nitriles is 1. The minimum Gasteiger partial charge on any atom is -0.481 e. The lowest BCUT2D eigenvalue weighted by atomic mass is 9.86. The van der Waals surface area contributed by atoms with E-state index in [2.05, 4.69) is 5.32 Å². The molecule has 0 bridgehead atoms. The van der Waals surface area contributed by atoms with E-state index >= 15 is 0 Å². The van der Waals surface area contributed by atoms with E-state index in [1.54, 1.807) is 24.3 Å². The number of hydrogen-bond acceptors (Lipinski definition) is 3. The first kappa shape index (κ1) is 14.1. The van der Waals surface area contributed by atoms with Crippen LogP contribution in [0.1, 0.15) is 41.6 Å². The number of rotatable bonds is 3. The summed E-state index contributed by atoms with van der Waals surface area (Å²) in [5.74, 6) is -1.25. The van der Waals surface area contributed by atoms with E-state index in [-0.39, 0.29) is 17.9 Å². The minimum absolute atomic E-state index is 0.0174. The lowest BCUT2D eigenvalue weighted by Gasteiger charge is -2.26. The number of aliphatic carboxylic acids is 1. The molecule has 0 heterocycles. The van der Waals surface area contributed by atoms with E-state index < -0.39 is 5.97 Å². The molecule has 0 unspecified atom stereocenters. The molecule has 1 aliphatic carbocycles. The molecule has 0 saturated heterocycles.